The van der Waals surface area contributed by atoms with Gasteiger partial charge >= 0.3 is 0 Å². The normalized spacial score (nSPS) is 21.9. The molecule has 5 nitrogen and oxygen atoms in total. The second-order valence-electron chi connectivity index (χ2n) is 5.71. The Bertz CT molecular complexity index is 393. The van der Waals surface area contributed by atoms with Crippen LogP contribution in [0.5, 0.6) is 0 Å². The van der Waals surface area contributed by atoms with Gasteiger partial charge in [-0.2, -0.15) is 5.10 Å². The van der Waals surface area contributed by atoms with Crippen LogP contribution in [-0.4, -0.2) is 54.1 Å². The van der Waals surface area contributed by atoms with Gasteiger partial charge in [0.25, 0.3) is 0 Å². The largest absolute Gasteiger partial charge is 0.383 e. The van der Waals surface area contributed by atoms with Gasteiger partial charge in [0.05, 0.1) is 25.0 Å². The molecule has 2 heterocycles. The van der Waals surface area contributed by atoms with Crippen LogP contribution >= 0.6 is 0 Å². The average molecular weight is 280 g/mol. The minimum atomic E-state index is 0.490. The van der Waals surface area contributed by atoms with Crippen molar-refractivity contribution < 1.29 is 4.74 Å². The highest BCUT2D eigenvalue weighted by Crippen LogP contribution is 2.22. The zero-order chi connectivity index (χ0) is 14.4. The van der Waals surface area contributed by atoms with E-state index in [0.29, 0.717) is 12.6 Å². The van der Waals surface area contributed by atoms with Crippen molar-refractivity contribution in [2.24, 2.45) is 5.92 Å². The van der Waals surface area contributed by atoms with Crippen LogP contribution in [0.4, 0.5) is 5.69 Å². The van der Waals surface area contributed by atoms with Gasteiger partial charge in [-0.05, 0) is 38.8 Å². The number of aromatic nitrogens is 2. The molecule has 1 aromatic rings. The summed E-state index contributed by atoms with van der Waals surface area (Å²) in [5.41, 5.74) is 1.11. The summed E-state index contributed by atoms with van der Waals surface area (Å²) in [6.07, 6.45) is 6.61. The Morgan fingerprint density at radius 2 is 2.40 bits per heavy atom. The van der Waals surface area contributed by atoms with E-state index in [9.17, 15) is 0 Å². The van der Waals surface area contributed by atoms with Crippen LogP contribution in [0.15, 0.2) is 12.4 Å². The minimum absolute atomic E-state index is 0.490. The van der Waals surface area contributed by atoms with Crippen LogP contribution in [0, 0.1) is 5.92 Å². The first-order chi connectivity index (χ1) is 9.72. The van der Waals surface area contributed by atoms with Crippen molar-refractivity contribution in [2.75, 3.05) is 38.7 Å². The predicted molar refractivity (Wildman–Crippen MR) is 82.0 cm³/mol. The van der Waals surface area contributed by atoms with Gasteiger partial charge in [0, 0.05) is 25.9 Å². The molecule has 114 valence electrons. The fraction of sp³-hybridized carbons (Fsp3) is 0.800. The molecule has 1 saturated heterocycles. The molecule has 1 aliphatic heterocycles. The molecule has 0 aliphatic carbocycles. The van der Waals surface area contributed by atoms with Gasteiger partial charge in [-0.15, -0.1) is 0 Å². The molecule has 0 aromatic carbocycles. The zero-order valence-corrected chi connectivity index (χ0v) is 13.0. The van der Waals surface area contributed by atoms with E-state index in [1.807, 2.05) is 10.9 Å². The SMILES string of the molecule is CCN1CCCC(C(C)Nc2cnn(CCOC)c2)C1. The number of likely N-dealkylation sites (tertiary alicyclic amines) is 1. The smallest absolute Gasteiger partial charge is 0.0728 e. The minimum Gasteiger partial charge on any atom is -0.383 e. The van der Waals surface area contributed by atoms with Crippen LogP contribution in [0.2, 0.25) is 0 Å². The molecular formula is C15H28N4O. The number of hydrogen-bond donors (Lipinski definition) is 1. The average Bonchev–Trinajstić information content (AvgIpc) is 2.92. The van der Waals surface area contributed by atoms with Crippen LogP contribution in [-0.2, 0) is 11.3 Å². The molecule has 2 unspecified atom stereocenters. The monoisotopic (exact) mass is 280 g/mol. The Balaban J connectivity index is 1.84. The standard InChI is InChI=1S/C15H28N4O/c1-4-18-7-5-6-14(11-18)13(2)17-15-10-16-19(12-15)8-9-20-3/h10,12-14,17H,4-9,11H2,1-3H3. The number of anilines is 1. The molecule has 0 bridgehead atoms. The van der Waals surface area contributed by atoms with E-state index >= 15 is 0 Å². The third-order valence-corrected chi connectivity index (χ3v) is 4.25. The van der Waals surface area contributed by atoms with Crippen molar-refractivity contribution in [1.29, 1.82) is 0 Å². The molecule has 0 spiro atoms. The summed E-state index contributed by atoms with van der Waals surface area (Å²) in [4.78, 5) is 2.55. The third kappa shape index (κ3) is 4.21. The number of rotatable bonds is 7. The van der Waals surface area contributed by atoms with Crippen LogP contribution in [0.3, 0.4) is 0 Å². The number of methoxy groups -OCH3 is 1. The van der Waals surface area contributed by atoms with Crippen LogP contribution in [0.25, 0.3) is 0 Å². The van der Waals surface area contributed by atoms with Crippen LogP contribution < -0.4 is 5.32 Å². The fourth-order valence-electron chi connectivity index (χ4n) is 2.91. The summed E-state index contributed by atoms with van der Waals surface area (Å²) in [6.45, 7) is 9.68. The number of nitrogens with one attached hydrogen (secondary N) is 1. The van der Waals surface area contributed by atoms with Crippen molar-refractivity contribution >= 4 is 5.69 Å². The van der Waals surface area contributed by atoms with E-state index in [2.05, 4.69) is 35.4 Å². The zero-order valence-electron chi connectivity index (χ0n) is 13.0. The summed E-state index contributed by atoms with van der Waals surface area (Å²) in [7, 11) is 1.72. The van der Waals surface area contributed by atoms with E-state index in [-0.39, 0.29) is 0 Å². The molecule has 0 amide bonds. The summed E-state index contributed by atoms with van der Waals surface area (Å²) >= 11 is 0. The van der Waals surface area contributed by atoms with E-state index in [4.69, 9.17) is 4.74 Å². The van der Waals surface area contributed by atoms with Crippen LogP contribution in [0.1, 0.15) is 26.7 Å². The molecule has 5 heteroatoms. The Morgan fingerprint density at radius 1 is 1.55 bits per heavy atom. The lowest BCUT2D eigenvalue weighted by atomic mass is 9.91. The van der Waals surface area contributed by atoms with Gasteiger partial charge in [-0.1, -0.05) is 6.92 Å². The molecule has 2 rings (SSSR count). The predicted octanol–water partition coefficient (Wildman–Crippen LogP) is 2.06. The molecule has 20 heavy (non-hydrogen) atoms. The second-order valence-corrected chi connectivity index (χ2v) is 5.71. The quantitative estimate of drug-likeness (QED) is 0.830. The van der Waals surface area contributed by atoms with Gasteiger partial charge < -0.3 is 15.0 Å². The number of ether oxygens (including phenoxy) is 1. The van der Waals surface area contributed by atoms with E-state index < -0.39 is 0 Å². The molecule has 1 aromatic heterocycles. The lowest BCUT2D eigenvalue weighted by molar-refractivity contribution is 0.172. The lowest BCUT2D eigenvalue weighted by Gasteiger charge is -2.35. The molecule has 1 N–H and O–H groups in total. The van der Waals surface area contributed by atoms with E-state index in [0.717, 1.165) is 24.7 Å². The number of hydrogen-bond acceptors (Lipinski definition) is 4. The maximum atomic E-state index is 5.07. The summed E-state index contributed by atoms with van der Waals surface area (Å²) in [6, 6.07) is 0.490. The van der Waals surface area contributed by atoms with E-state index in [1.54, 1.807) is 7.11 Å². The lowest BCUT2D eigenvalue weighted by Crippen LogP contribution is -2.41. The highest BCUT2D eigenvalue weighted by Gasteiger charge is 2.23. The van der Waals surface area contributed by atoms with Crippen molar-refractivity contribution in [1.82, 2.24) is 14.7 Å². The molecule has 0 radical (unpaired) electrons. The molecule has 1 aliphatic rings. The van der Waals surface area contributed by atoms with Gasteiger partial charge in [0.2, 0.25) is 0 Å². The Kier molecular flexibility index (Phi) is 5.86. The third-order valence-electron chi connectivity index (χ3n) is 4.25. The Hall–Kier alpha value is -1.07. The Morgan fingerprint density at radius 3 is 3.15 bits per heavy atom. The first kappa shape index (κ1) is 15.3. The second kappa shape index (κ2) is 7.64. The maximum Gasteiger partial charge on any atom is 0.0728 e. The molecule has 0 saturated carbocycles. The number of piperidine rings is 1. The topological polar surface area (TPSA) is 42.3 Å². The highest BCUT2D eigenvalue weighted by atomic mass is 16.5. The summed E-state index contributed by atoms with van der Waals surface area (Å²) < 4.78 is 7.00. The van der Waals surface area contributed by atoms with Gasteiger partial charge in [-0.25, -0.2) is 0 Å². The molecule has 1 fully saturated rings. The van der Waals surface area contributed by atoms with E-state index in [1.165, 1.54) is 25.9 Å². The summed E-state index contributed by atoms with van der Waals surface area (Å²) in [5.74, 6) is 0.728. The van der Waals surface area contributed by atoms with Gasteiger partial charge in [0.15, 0.2) is 0 Å². The summed E-state index contributed by atoms with van der Waals surface area (Å²) in [5, 5.41) is 7.95. The number of nitrogens with zero attached hydrogens (tertiary/aromatic N) is 3. The first-order valence-electron chi connectivity index (χ1n) is 7.73. The van der Waals surface area contributed by atoms with Crippen molar-refractivity contribution in [3.63, 3.8) is 0 Å². The molecular weight excluding hydrogens is 252 g/mol. The maximum absolute atomic E-state index is 5.07. The van der Waals surface area contributed by atoms with Crippen molar-refractivity contribution in [2.45, 2.75) is 39.3 Å². The van der Waals surface area contributed by atoms with Gasteiger partial charge in [0.1, 0.15) is 0 Å². The fourth-order valence-corrected chi connectivity index (χ4v) is 2.91. The van der Waals surface area contributed by atoms with Gasteiger partial charge in [-0.3, -0.25) is 4.68 Å². The first-order valence-corrected chi connectivity index (χ1v) is 7.73. The van der Waals surface area contributed by atoms with Crippen molar-refractivity contribution in [3.05, 3.63) is 12.4 Å². The highest BCUT2D eigenvalue weighted by molar-refractivity contribution is 5.39. The molecule has 2 atom stereocenters. The van der Waals surface area contributed by atoms with Crippen molar-refractivity contribution in [3.8, 4) is 0 Å². The Labute approximate surface area is 122 Å².